The maximum Gasteiger partial charge on any atom is 0.175 e. The molecular formula is C24H35NO3S. The summed E-state index contributed by atoms with van der Waals surface area (Å²) in [4.78, 5) is 0.403. The summed E-state index contributed by atoms with van der Waals surface area (Å²) in [6, 6.07) is 13.9. The minimum absolute atomic E-state index is 0.183. The number of ether oxygens (including phenoxy) is 1. The van der Waals surface area contributed by atoms with Crippen LogP contribution in [0.2, 0.25) is 0 Å². The molecule has 2 aromatic rings. The molecule has 2 atom stereocenters. The van der Waals surface area contributed by atoms with Crippen molar-refractivity contribution in [2.75, 3.05) is 26.5 Å². The molecule has 0 spiro atoms. The van der Waals surface area contributed by atoms with Crippen LogP contribution in [0.25, 0.3) is 0 Å². The average Bonchev–Trinajstić information content (AvgIpc) is 2.68. The first-order valence-electron chi connectivity index (χ1n) is 10.4. The Morgan fingerprint density at radius 3 is 2.48 bits per heavy atom. The van der Waals surface area contributed by atoms with E-state index < -0.39 is 9.84 Å². The number of hydrogen-bond acceptors (Lipinski definition) is 4. The molecule has 0 saturated heterocycles. The van der Waals surface area contributed by atoms with E-state index in [-0.39, 0.29) is 6.04 Å². The van der Waals surface area contributed by atoms with Crippen LogP contribution < -0.4 is 5.32 Å². The van der Waals surface area contributed by atoms with E-state index in [2.05, 4.69) is 37.4 Å². The van der Waals surface area contributed by atoms with Crippen molar-refractivity contribution < 1.29 is 13.2 Å². The summed E-state index contributed by atoms with van der Waals surface area (Å²) in [6.45, 7) is 7.80. The third-order valence-corrected chi connectivity index (χ3v) is 6.54. The largest absolute Gasteiger partial charge is 0.385 e. The lowest BCUT2D eigenvalue weighted by molar-refractivity contribution is 0.193. The van der Waals surface area contributed by atoms with Crippen molar-refractivity contribution in [2.24, 2.45) is 5.92 Å². The van der Waals surface area contributed by atoms with Gasteiger partial charge >= 0.3 is 0 Å². The van der Waals surface area contributed by atoms with Gasteiger partial charge in [-0.3, -0.25) is 0 Å². The van der Waals surface area contributed by atoms with Gasteiger partial charge in [0.15, 0.2) is 9.84 Å². The van der Waals surface area contributed by atoms with Gasteiger partial charge in [0.2, 0.25) is 0 Å². The van der Waals surface area contributed by atoms with Crippen molar-refractivity contribution in [2.45, 2.75) is 51.0 Å². The molecule has 160 valence electrons. The lowest BCUT2D eigenvalue weighted by Crippen LogP contribution is -2.27. The number of sulfone groups is 1. The van der Waals surface area contributed by atoms with Crippen LogP contribution in [0.15, 0.2) is 47.4 Å². The summed E-state index contributed by atoms with van der Waals surface area (Å²) in [5.74, 6) is 0.567. The first-order valence-corrected chi connectivity index (χ1v) is 12.3. The monoisotopic (exact) mass is 417 g/mol. The fourth-order valence-electron chi connectivity index (χ4n) is 3.57. The maximum atomic E-state index is 12.6. The second-order valence-corrected chi connectivity index (χ2v) is 9.95. The molecule has 0 heterocycles. The number of hydrogen-bond donors (Lipinski definition) is 1. The third-order valence-electron chi connectivity index (χ3n) is 5.38. The molecule has 0 aliphatic heterocycles. The number of benzene rings is 2. The third kappa shape index (κ3) is 6.66. The van der Waals surface area contributed by atoms with Crippen molar-refractivity contribution in [3.05, 3.63) is 64.7 Å². The van der Waals surface area contributed by atoms with Crippen LogP contribution in [0.1, 0.15) is 55.0 Å². The van der Waals surface area contributed by atoms with Crippen molar-refractivity contribution in [1.82, 2.24) is 5.32 Å². The standard InChI is InChI=1S/C24H35NO3S/c1-6-18(2)16-20-10-7-8-11-21(20)24(25-14-9-15-28-4)22-13-12-19(3)17-23(22)29(5,26)27/h7-8,10-13,17-18,24-25H,6,9,14-16H2,1-5H3. The van der Waals surface area contributed by atoms with E-state index in [9.17, 15) is 8.42 Å². The zero-order chi connectivity index (χ0) is 21.4. The molecule has 0 amide bonds. The molecule has 1 N–H and O–H groups in total. The smallest absolute Gasteiger partial charge is 0.175 e. The lowest BCUT2D eigenvalue weighted by atomic mass is 9.89. The molecule has 29 heavy (non-hydrogen) atoms. The first kappa shape index (κ1) is 23.6. The predicted octanol–water partition coefficient (Wildman–Crippen LogP) is 4.70. The number of methoxy groups -OCH3 is 1. The van der Waals surface area contributed by atoms with E-state index in [0.29, 0.717) is 17.4 Å². The molecule has 0 aromatic heterocycles. The molecule has 0 aliphatic carbocycles. The SMILES string of the molecule is CCC(C)Cc1ccccc1C(NCCCOC)c1ccc(C)cc1S(C)(=O)=O. The summed E-state index contributed by atoms with van der Waals surface area (Å²) in [7, 11) is -1.65. The van der Waals surface area contributed by atoms with Gasteiger partial charge < -0.3 is 10.1 Å². The highest BCUT2D eigenvalue weighted by atomic mass is 32.2. The van der Waals surface area contributed by atoms with Gasteiger partial charge in [-0.15, -0.1) is 0 Å². The minimum atomic E-state index is -3.35. The van der Waals surface area contributed by atoms with E-state index >= 15 is 0 Å². The van der Waals surface area contributed by atoms with E-state index in [1.807, 2.05) is 25.1 Å². The molecule has 0 radical (unpaired) electrons. The molecule has 0 aliphatic rings. The lowest BCUT2D eigenvalue weighted by Gasteiger charge is -2.25. The van der Waals surface area contributed by atoms with Crippen molar-refractivity contribution in [3.8, 4) is 0 Å². The van der Waals surface area contributed by atoms with Gasteiger partial charge in [0.25, 0.3) is 0 Å². The highest BCUT2D eigenvalue weighted by Crippen LogP contribution is 2.32. The molecule has 2 unspecified atom stereocenters. The second kappa shape index (κ2) is 10.9. The van der Waals surface area contributed by atoms with Gasteiger partial charge in [0.05, 0.1) is 10.9 Å². The Labute approximate surface area is 176 Å². The van der Waals surface area contributed by atoms with E-state index in [4.69, 9.17) is 4.74 Å². The van der Waals surface area contributed by atoms with Crippen LogP contribution in [0.4, 0.5) is 0 Å². The Morgan fingerprint density at radius 1 is 1.10 bits per heavy atom. The van der Waals surface area contributed by atoms with Crippen LogP contribution in [0.3, 0.4) is 0 Å². The maximum absolute atomic E-state index is 12.6. The van der Waals surface area contributed by atoms with Gasteiger partial charge in [-0.2, -0.15) is 0 Å². The Kier molecular flexibility index (Phi) is 8.87. The van der Waals surface area contributed by atoms with Crippen LogP contribution in [0, 0.1) is 12.8 Å². The first-order chi connectivity index (χ1) is 13.8. The number of aryl methyl sites for hydroxylation is 1. The van der Waals surface area contributed by atoms with Gasteiger partial charge in [-0.1, -0.05) is 56.7 Å². The van der Waals surface area contributed by atoms with E-state index in [1.54, 1.807) is 13.2 Å². The molecule has 5 heteroatoms. The molecule has 0 saturated carbocycles. The molecule has 2 rings (SSSR count). The van der Waals surface area contributed by atoms with Gasteiger partial charge in [-0.05, 0) is 60.5 Å². The summed E-state index contributed by atoms with van der Waals surface area (Å²) in [5.41, 5.74) is 4.18. The predicted molar refractivity (Wildman–Crippen MR) is 120 cm³/mol. The van der Waals surface area contributed by atoms with Crippen molar-refractivity contribution >= 4 is 9.84 Å². The van der Waals surface area contributed by atoms with Crippen molar-refractivity contribution in [3.63, 3.8) is 0 Å². The summed E-state index contributed by atoms with van der Waals surface area (Å²) in [6.07, 6.45) is 4.24. The fourth-order valence-corrected chi connectivity index (χ4v) is 4.59. The van der Waals surface area contributed by atoms with Gasteiger partial charge in [0.1, 0.15) is 0 Å². The topological polar surface area (TPSA) is 55.4 Å². The van der Waals surface area contributed by atoms with Crippen molar-refractivity contribution in [1.29, 1.82) is 0 Å². The number of rotatable bonds is 11. The van der Waals surface area contributed by atoms with Crippen LogP contribution in [-0.2, 0) is 21.0 Å². The minimum Gasteiger partial charge on any atom is -0.385 e. The zero-order valence-corrected chi connectivity index (χ0v) is 19.2. The van der Waals surface area contributed by atoms with Crippen LogP contribution in [0.5, 0.6) is 0 Å². The van der Waals surface area contributed by atoms with Crippen LogP contribution >= 0.6 is 0 Å². The Hall–Kier alpha value is -1.69. The van der Waals surface area contributed by atoms with Crippen LogP contribution in [-0.4, -0.2) is 34.9 Å². The molecular weight excluding hydrogens is 382 g/mol. The second-order valence-electron chi connectivity index (χ2n) is 7.96. The normalized spacial score (nSPS) is 14.0. The zero-order valence-electron chi connectivity index (χ0n) is 18.4. The van der Waals surface area contributed by atoms with E-state index in [1.165, 1.54) is 11.8 Å². The highest BCUT2D eigenvalue weighted by Gasteiger charge is 2.24. The summed E-state index contributed by atoms with van der Waals surface area (Å²) in [5, 5.41) is 3.61. The highest BCUT2D eigenvalue weighted by molar-refractivity contribution is 7.90. The Bertz CT molecular complexity index is 893. The van der Waals surface area contributed by atoms with Gasteiger partial charge in [-0.25, -0.2) is 8.42 Å². The molecule has 0 fully saturated rings. The summed E-state index contributed by atoms with van der Waals surface area (Å²) < 4.78 is 30.3. The Balaban J connectivity index is 2.56. The quantitative estimate of drug-likeness (QED) is 0.538. The average molecular weight is 418 g/mol. The van der Waals surface area contributed by atoms with E-state index in [0.717, 1.165) is 42.5 Å². The molecule has 4 nitrogen and oxygen atoms in total. The fraction of sp³-hybridized carbons (Fsp3) is 0.500. The number of nitrogens with one attached hydrogen (secondary N) is 1. The summed E-state index contributed by atoms with van der Waals surface area (Å²) >= 11 is 0. The molecule has 2 aromatic carbocycles. The van der Waals surface area contributed by atoms with Gasteiger partial charge in [0, 0.05) is 20.0 Å². The molecule has 0 bridgehead atoms. The Morgan fingerprint density at radius 2 is 1.83 bits per heavy atom.